The molecule has 1 aromatic heterocycles. The van der Waals surface area contributed by atoms with Crippen LogP contribution in [0.25, 0.3) is 0 Å². The summed E-state index contributed by atoms with van der Waals surface area (Å²) in [6, 6.07) is 10.1. The Bertz CT molecular complexity index is 716. The van der Waals surface area contributed by atoms with Crippen molar-refractivity contribution < 1.29 is 19.4 Å². The number of nitrogens with zero attached hydrogens (tertiary/aromatic N) is 2. The number of thiazole rings is 1. The van der Waals surface area contributed by atoms with Gasteiger partial charge >= 0.3 is 5.97 Å². The highest BCUT2D eigenvalue weighted by molar-refractivity contribution is 7.09. The van der Waals surface area contributed by atoms with Gasteiger partial charge in [0.15, 0.2) is 6.10 Å². The van der Waals surface area contributed by atoms with Crippen LogP contribution in [0, 0.1) is 0 Å². The standard InChI is InChI=1S/C17H18N2O4S/c20-16(19-6-7-23-14(10-19)17(21)22)9-13-11-24-15(18-13)8-12-4-2-1-3-5-12/h1-5,11,14H,6-10H2,(H,21,22)/t14-/m0/s1. The van der Waals surface area contributed by atoms with Crippen LogP contribution < -0.4 is 0 Å². The maximum atomic E-state index is 12.3. The highest BCUT2D eigenvalue weighted by atomic mass is 32.1. The molecule has 2 aromatic rings. The van der Waals surface area contributed by atoms with Gasteiger partial charge in [-0.15, -0.1) is 11.3 Å². The van der Waals surface area contributed by atoms with E-state index in [0.717, 1.165) is 17.1 Å². The molecule has 1 aliphatic rings. The van der Waals surface area contributed by atoms with Gasteiger partial charge in [0.1, 0.15) is 0 Å². The molecule has 0 aliphatic carbocycles. The summed E-state index contributed by atoms with van der Waals surface area (Å²) >= 11 is 1.54. The molecular formula is C17H18N2O4S. The second-order valence-electron chi connectivity index (χ2n) is 5.61. The van der Waals surface area contributed by atoms with Crippen LogP contribution in [0.1, 0.15) is 16.3 Å². The van der Waals surface area contributed by atoms with E-state index in [-0.39, 0.29) is 25.5 Å². The Hall–Kier alpha value is -2.25. The fourth-order valence-corrected chi connectivity index (χ4v) is 3.40. The van der Waals surface area contributed by atoms with Crippen LogP contribution in [0.2, 0.25) is 0 Å². The quantitative estimate of drug-likeness (QED) is 0.889. The number of morpholine rings is 1. The van der Waals surface area contributed by atoms with Gasteiger partial charge in [-0.05, 0) is 5.56 Å². The minimum atomic E-state index is -1.04. The first-order valence-electron chi connectivity index (χ1n) is 7.71. The smallest absolute Gasteiger partial charge is 0.334 e. The Morgan fingerprint density at radius 2 is 2.12 bits per heavy atom. The van der Waals surface area contributed by atoms with Crippen LogP contribution in [-0.2, 0) is 27.2 Å². The fourth-order valence-electron chi connectivity index (χ4n) is 2.57. The summed E-state index contributed by atoms with van der Waals surface area (Å²) in [5, 5.41) is 11.9. The normalized spacial score (nSPS) is 17.7. The molecule has 0 radical (unpaired) electrons. The van der Waals surface area contributed by atoms with Crippen molar-refractivity contribution in [1.82, 2.24) is 9.88 Å². The Labute approximate surface area is 143 Å². The molecule has 1 N–H and O–H groups in total. The molecule has 1 aliphatic heterocycles. The lowest BCUT2D eigenvalue weighted by Gasteiger charge is -2.30. The van der Waals surface area contributed by atoms with E-state index in [1.165, 1.54) is 16.9 Å². The molecule has 24 heavy (non-hydrogen) atoms. The average molecular weight is 346 g/mol. The fraction of sp³-hybridized carbons (Fsp3) is 0.353. The van der Waals surface area contributed by atoms with E-state index in [9.17, 15) is 9.59 Å². The van der Waals surface area contributed by atoms with Gasteiger partial charge in [0.2, 0.25) is 5.91 Å². The Morgan fingerprint density at radius 3 is 2.88 bits per heavy atom. The maximum absolute atomic E-state index is 12.3. The maximum Gasteiger partial charge on any atom is 0.334 e. The largest absolute Gasteiger partial charge is 0.479 e. The summed E-state index contributed by atoms with van der Waals surface area (Å²) in [6.07, 6.45) is 0.00227. The number of hydrogen-bond acceptors (Lipinski definition) is 5. The van der Waals surface area contributed by atoms with Crippen molar-refractivity contribution in [1.29, 1.82) is 0 Å². The highest BCUT2D eigenvalue weighted by Gasteiger charge is 2.29. The summed E-state index contributed by atoms with van der Waals surface area (Å²) in [5.41, 5.74) is 1.91. The summed E-state index contributed by atoms with van der Waals surface area (Å²) in [4.78, 5) is 29.4. The van der Waals surface area contributed by atoms with Gasteiger partial charge in [-0.3, -0.25) is 4.79 Å². The third-order valence-electron chi connectivity index (χ3n) is 3.82. The van der Waals surface area contributed by atoms with Crippen LogP contribution in [0.4, 0.5) is 0 Å². The second-order valence-corrected chi connectivity index (χ2v) is 6.55. The molecule has 3 rings (SSSR count). The predicted molar refractivity (Wildman–Crippen MR) is 89.0 cm³/mol. The van der Waals surface area contributed by atoms with E-state index in [4.69, 9.17) is 9.84 Å². The Morgan fingerprint density at radius 1 is 1.33 bits per heavy atom. The van der Waals surface area contributed by atoms with Crippen molar-refractivity contribution in [2.45, 2.75) is 18.9 Å². The minimum Gasteiger partial charge on any atom is -0.479 e. The van der Waals surface area contributed by atoms with Crippen molar-refractivity contribution in [3.8, 4) is 0 Å². The Kier molecular flexibility index (Phi) is 5.22. The first kappa shape index (κ1) is 16.6. The van der Waals surface area contributed by atoms with Crippen LogP contribution in [-0.4, -0.2) is 52.7 Å². The van der Waals surface area contributed by atoms with E-state index in [0.29, 0.717) is 6.54 Å². The number of carboxylic acids is 1. The molecule has 1 saturated heterocycles. The van der Waals surface area contributed by atoms with E-state index in [1.807, 2.05) is 35.7 Å². The van der Waals surface area contributed by atoms with Crippen molar-refractivity contribution >= 4 is 23.2 Å². The zero-order valence-electron chi connectivity index (χ0n) is 13.1. The first-order valence-corrected chi connectivity index (χ1v) is 8.59. The van der Waals surface area contributed by atoms with Gasteiger partial charge in [-0.25, -0.2) is 9.78 Å². The monoisotopic (exact) mass is 346 g/mol. The molecule has 6 nitrogen and oxygen atoms in total. The molecule has 2 heterocycles. The number of ether oxygens (including phenoxy) is 1. The summed E-state index contributed by atoms with van der Waals surface area (Å²) < 4.78 is 5.13. The van der Waals surface area contributed by atoms with Crippen molar-refractivity contribution in [2.75, 3.05) is 19.7 Å². The SMILES string of the molecule is O=C(O)[C@@H]1CN(C(=O)Cc2csc(Cc3ccccc3)n2)CCO1. The molecule has 0 unspecified atom stereocenters. The van der Waals surface area contributed by atoms with Crippen LogP contribution >= 0.6 is 11.3 Å². The lowest BCUT2D eigenvalue weighted by atomic mass is 10.2. The molecule has 0 bridgehead atoms. The molecule has 126 valence electrons. The number of rotatable bonds is 5. The van der Waals surface area contributed by atoms with Gasteiger partial charge in [0, 0.05) is 18.3 Å². The molecule has 1 fully saturated rings. The third kappa shape index (κ3) is 4.18. The van der Waals surface area contributed by atoms with E-state index in [2.05, 4.69) is 4.98 Å². The zero-order chi connectivity index (χ0) is 16.9. The van der Waals surface area contributed by atoms with Crippen molar-refractivity contribution in [3.63, 3.8) is 0 Å². The van der Waals surface area contributed by atoms with E-state index < -0.39 is 12.1 Å². The number of amides is 1. The number of benzene rings is 1. The molecule has 0 saturated carbocycles. The average Bonchev–Trinajstić information content (AvgIpc) is 3.02. The lowest BCUT2D eigenvalue weighted by molar-refractivity contribution is -0.159. The molecule has 1 atom stereocenters. The van der Waals surface area contributed by atoms with Gasteiger partial charge in [-0.2, -0.15) is 0 Å². The summed E-state index contributed by atoms with van der Waals surface area (Å²) in [6.45, 7) is 0.762. The van der Waals surface area contributed by atoms with E-state index >= 15 is 0 Å². The van der Waals surface area contributed by atoms with Crippen LogP contribution in [0.15, 0.2) is 35.7 Å². The van der Waals surface area contributed by atoms with Crippen molar-refractivity contribution in [3.05, 3.63) is 52.0 Å². The zero-order valence-corrected chi connectivity index (χ0v) is 13.9. The van der Waals surface area contributed by atoms with Crippen molar-refractivity contribution in [2.24, 2.45) is 0 Å². The molecular weight excluding hydrogens is 328 g/mol. The van der Waals surface area contributed by atoms with E-state index in [1.54, 1.807) is 4.90 Å². The van der Waals surface area contributed by atoms with Crippen LogP contribution in [0.5, 0.6) is 0 Å². The number of aromatic nitrogens is 1. The molecule has 7 heteroatoms. The first-order chi connectivity index (χ1) is 11.6. The van der Waals surface area contributed by atoms with Gasteiger partial charge in [-0.1, -0.05) is 30.3 Å². The highest BCUT2D eigenvalue weighted by Crippen LogP contribution is 2.16. The number of carbonyl (C=O) groups is 2. The summed E-state index contributed by atoms with van der Waals surface area (Å²) in [7, 11) is 0. The predicted octanol–water partition coefficient (Wildman–Crippen LogP) is 1.59. The number of carboxylic acid groups (broad SMARTS) is 1. The topological polar surface area (TPSA) is 79.7 Å². The Balaban J connectivity index is 1.58. The molecule has 1 aromatic carbocycles. The summed E-state index contributed by atoms with van der Waals surface area (Å²) in [5.74, 6) is -1.15. The molecule has 1 amide bonds. The minimum absolute atomic E-state index is 0.0924. The number of hydrogen-bond donors (Lipinski definition) is 1. The van der Waals surface area contributed by atoms with Gasteiger partial charge in [0.25, 0.3) is 0 Å². The molecule has 0 spiro atoms. The number of aliphatic carboxylic acids is 1. The van der Waals surface area contributed by atoms with Crippen LogP contribution in [0.3, 0.4) is 0 Å². The van der Waals surface area contributed by atoms with Gasteiger partial charge in [0.05, 0.1) is 30.3 Å². The number of carbonyl (C=O) groups excluding carboxylic acids is 1. The lowest BCUT2D eigenvalue weighted by Crippen LogP contribution is -2.49. The second kappa shape index (κ2) is 7.55. The van der Waals surface area contributed by atoms with Gasteiger partial charge < -0.3 is 14.7 Å². The third-order valence-corrected chi connectivity index (χ3v) is 4.72.